The summed E-state index contributed by atoms with van der Waals surface area (Å²) in [6, 6.07) is 13.4. The molecule has 1 aliphatic heterocycles. The van der Waals surface area contributed by atoms with Gasteiger partial charge in [0.05, 0.1) is 5.52 Å². The van der Waals surface area contributed by atoms with Gasteiger partial charge < -0.3 is 9.80 Å². The number of para-hydroxylation sites is 1. The molecule has 6 nitrogen and oxygen atoms in total. The monoisotopic (exact) mass is 362 g/mol. The van der Waals surface area contributed by atoms with E-state index in [1.54, 1.807) is 20.4 Å². The molecular formula is C21H22N4O2. The highest BCUT2D eigenvalue weighted by Crippen LogP contribution is 2.29. The molecule has 27 heavy (non-hydrogen) atoms. The first-order chi connectivity index (χ1) is 13.2. The summed E-state index contributed by atoms with van der Waals surface area (Å²) in [5, 5.41) is 0. The van der Waals surface area contributed by atoms with E-state index >= 15 is 0 Å². The van der Waals surface area contributed by atoms with Gasteiger partial charge in [-0.05, 0) is 44.0 Å². The first kappa shape index (κ1) is 17.3. The quantitative estimate of drug-likeness (QED) is 0.717. The average molecular weight is 362 g/mol. The number of benzene rings is 1. The van der Waals surface area contributed by atoms with Gasteiger partial charge in [-0.3, -0.25) is 14.0 Å². The van der Waals surface area contributed by atoms with E-state index in [1.165, 1.54) is 0 Å². The lowest BCUT2D eigenvalue weighted by molar-refractivity contribution is 0.0769. The zero-order valence-corrected chi connectivity index (χ0v) is 15.6. The molecule has 2 amide bonds. The Morgan fingerprint density at radius 2 is 1.81 bits per heavy atom. The highest BCUT2D eigenvalue weighted by Gasteiger charge is 2.30. The number of carbonyl (C=O) groups is 2. The summed E-state index contributed by atoms with van der Waals surface area (Å²) in [6.07, 6.45) is 2.62. The molecule has 0 fully saturated rings. The highest BCUT2D eigenvalue weighted by atomic mass is 16.2. The van der Waals surface area contributed by atoms with E-state index in [4.69, 9.17) is 0 Å². The predicted molar refractivity (Wildman–Crippen MR) is 104 cm³/mol. The molecule has 138 valence electrons. The van der Waals surface area contributed by atoms with Crippen LogP contribution in [-0.2, 0) is 6.42 Å². The van der Waals surface area contributed by atoms with Crippen molar-refractivity contribution in [2.45, 2.75) is 20.3 Å². The van der Waals surface area contributed by atoms with Crippen molar-refractivity contribution in [3.05, 3.63) is 65.7 Å². The van der Waals surface area contributed by atoms with Gasteiger partial charge in [0, 0.05) is 31.5 Å². The lowest BCUT2D eigenvalue weighted by atomic mass is 10.2. The average Bonchev–Trinajstić information content (AvgIpc) is 3.30. The van der Waals surface area contributed by atoms with E-state index in [-0.39, 0.29) is 17.6 Å². The zero-order chi connectivity index (χ0) is 19.0. The first-order valence-corrected chi connectivity index (χ1v) is 9.31. The van der Waals surface area contributed by atoms with E-state index in [2.05, 4.69) is 4.98 Å². The largest absolute Gasteiger partial charge is 0.338 e. The Labute approximate surface area is 158 Å². The normalized spacial score (nSPS) is 13.0. The summed E-state index contributed by atoms with van der Waals surface area (Å²) in [7, 11) is 0. The Morgan fingerprint density at radius 1 is 1.07 bits per heavy atom. The predicted octanol–water partition coefficient (Wildman–Crippen LogP) is 3.02. The molecule has 0 saturated carbocycles. The number of nitrogens with zero attached hydrogens (tertiary/aromatic N) is 4. The van der Waals surface area contributed by atoms with Crippen molar-refractivity contribution < 1.29 is 9.59 Å². The molecule has 1 aromatic carbocycles. The summed E-state index contributed by atoms with van der Waals surface area (Å²) >= 11 is 0. The molecule has 0 radical (unpaired) electrons. The maximum atomic E-state index is 13.3. The standard InChI is InChI=1S/C21H22N4O2/c1-3-23(4-2)20(26)18-17-11-7-8-13-24(17)19(22-18)21(27)25-14-12-15-9-5-6-10-16(15)25/h5-11,13H,3-4,12,14H2,1-2H3. The van der Waals surface area contributed by atoms with Gasteiger partial charge >= 0.3 is 0 Å². The van der Waals surface area contributed by atoms with Crippen LogP contribution < -0.4 is 4.90 Å². The summed E-state index contributed by atoms with van der Waals surface area (Å²) in [4.78, 5) is 34.2. The molecule has 0 unspecified atom stereocenters. The Bertz CT molecular complexity index is 1020. The minimum Gasteiger partial charge on any atom is -0.338 e. The van der Waals surface area contributed by atoms with Crippen molar-refractivity contribution in [1.29, 1.82) is 0 Å². The molecule has 1 aliphatic rings. The van der Waals surface area contributed by atoms with E-state index < -0.39 is 0 Å². The number of hydrogen-bond acceptors (Lipinski definition) is 3. The molecule has 0 aliphatic carbocycles. The number of imidazole rings is 1. The number of anilines is 1. The molecular weight excluding hydrogens is 340 g/mol. The van der Waals surface area contributed by atoms with Crippen LogP contribution in [0.2, 0.25) is 0 Å². The third-order valence-electron chi connectivity index (χ3n) is 5.13. The summed E-state index contributed by atoms with van der Waals surface area (Å²) in [6.45, 7) is 5.70. The Balaban J connectivity index is 1.79. The Morgan fingerprint density at radius 3 is 2.59 bits per heavy atom. The number of pyridine rings is 1. The van der Waals surface area contributed by atoms with Crippen LogP contribution in [-0.4, -0.2) is 45.7 Å². The number of hydrogen-bond donors (Lipinski definition) is 0. The molecule has 2 aromatic heterocycles. The van der Waals surface area contributed by atoms with Gasteiger partial charge in [0.15, 0.2) is 5.69 Å². The first-order valence-electron chi connectivity index (χ1n) is 9.31. The number of amides is 2. The van der Waals surface area contributed by atoms with Crippen molar-refractivity contribution in [3.8, 4) is 0 Å². The maximum absolute atomic E-state index is 13.3. The van der Waals surface area contributed by atoms with Crippen LogP contribution in [0.3, 0.4) is 0 Å². The molecule has 3 aromatic rings. The van der Waals surface area contributed by atoms with Gasteiger partial charge in [0.1, 0.15) is 0 Å². The lowest BCUT2D eigenvalue weighted by Crippen LogP contribution is -2.32. The van der Waals surface area contributed by atoms with Gasteiger partial charge in [-0.1, -0.05) is 24.3 Å². The second-order valence-electron chi connectivity index (χ2n) is 6.55. The molecule has 0 bridgehead atoms. The van der Waals surface area contributed by atoms with Crippen LogP contribution >= 0.6 is 0 Å². The molecule has 0 spiro atoms. The van der Waals surface area contributed by atoms with Crippen LogP contribution in [0.5, 0.6) is 0 Å². The van der Waals surface area contributed by atoms with E-state index in [0.29, 0.717) is 30.8 Å². The minimum absolute atomic E-state index is 0.149. The fourth-order valence-corrected chi connectivity index (χ4v) is 3.68. The number of rotatable bonds is 4. The van der Waals surface area contributed by atoms with Gasteiger partial charge in [-0.2, -0.15) is 0 Å². The van der Waals surface area contributed by atoms with Crippen LogP contribution in [0.1, 0.15) is 40.5 Å². The molecule has 0 atom stereocenters. The molecule has 3 heterocycles. The molecule has 6 heteroatoms. The fourth-order valence-electron chi connectivity index (χ4n) is 3.68. The third kappa shape index (κ3) is 2.77. The summed E-state index contributed by atoms with van der Waals surface area (Å²) in [5.74, 6) is -0.0536. The van der Waals surface area contributed by atoms with Crippen molar-refractivity contribution in [2.24, 2.45) is 0 Å². The summed E-state index contributed by atoms with van der Waals surface area (Å²) in [5.41, 5.74) is 3.07. The second-order valence-corrected chi connectivity index (χ2v) is 6.55. The van der Waals surface area contributed by atoms with E-state index in [1.807, 2.05) is 56.3 Å². The van der Waals surface area contributed by atoms with Crippen LogP contribution in [0.15, 0.2) is 48.7 Å². The topological polar surface area (TPSA) is 57.9 Å². The van der Waals surface area contributed by atoms with Crippen molar-refractivity contribution in [3.63, 3.8) is 0 Å². The highest BCUT2D eigenvalue weighted by molar-refractivity contribution is 6.08. The maximum Gasteiger partial charge on any atom is 0.294 e. The second kappa shape index (κ2) is 6.87. The Kier molecular flexibility index (Phi) is 4.39. The minimum atomic E-state index is -0.181. The number of carbonyl (C=O) groups excluding carboxylic acids is 2. The van der Waals surface area contributed by atoms with Crippen LogP contribution in [0.25, 0.3) is 5.52 Å². The van der Waals surface area contributed by atoms with Gasteiger partial charge in [-0.15, -0.1) is 0 Å². The zero-order valence-electron chi connectivity index (χ0n) is 15.6. The van der Waals surface area contributed by atoms with Gasteiger partial charge in [0.2, 0.25) is 5.82 Å². The Hall–Kier alpha value is -3.15. The number of fused-ring (bicyclic) bond motifs is 2. The van der Waals surface area contributed by atoms with Crippen molar-refractivity contribution in [2.75, 3.05) is 24.5 Å². The van der Waals surface area contributed by atoms with Gasteiger partial charge in [0.25, 0.3) is 11.8 Å². The third-order valence-corrected chi connectivity index (χ3v) is 5.13. The number of aromatic nitrogens is 2. The molecule has 0 N–H and O–H groups in total. The van der Waals surface area contributed by atoms with Gasteiger partial charge in [-0.25, -0.2) is 4.98 Å². The SMILES string of the molecule is CCN(CC)C(=O)c1nc(C(=O)N2CCc3ccccc32)n2ccccc12. The fraction of sp³-hybridized carbons (Fsp3) is 0.286. The molecule has 4 rings (SSSR count). The van der Waals surface area contributed by atoms with Crippen LogP contribution in [0.4, 0.5) is 5.69 Å². The van der Waals surface area contributed by atoms with E-state index in [9.17, 15) is 9.59 Å². The lowest BCUT2D eigenvalue weighted by Gasteiger charge is -2.17. The smallest absolute Gasteiger partial charge is 0.294 e. The molecule has 0 saturated heterocycles. The van der Waals surface area contributed by atoms with Crippen molar-refractivity contribution >= 4 is 23.0 Å². The van der Waals surface area contributed by atoms with Crippen LogP contribution in [0, 0.1) is 0 Å². The van der Waals surface area contributed by atoms with Crippen molar-refractivity contribution in [1.82, 2.24) is 14.3 Å². The summed E-state index contributed by atoms with van der Waals surface area (Å²) < 4.78 is 1.72. The van der Waals surface area contributed by atoms with E-state index in [0.717, 1.165) is 17.7 Å².